The third-order valence-corrected chi connectivity index (χ3v) is 2.80. The summed E-state index contributed by atoms with van der Waals surface area (Å²) in [6.07, 6.45) is 3.26. The van der Waals surface area contributed by atoms with Crippen LogP contribution in [0.3, 0.4) is 0 Å². The summed E-state index contributed by atoms with van der Waals surface area (Å²) in [6.45, 7) is 3.58. The van der Waals surface area contributed by atoms with Gasteiger partial charge in [-0.1, -0.05) is 38.3 Å². The van der Waals surface area contributed by atoms with Crippen LogP contribution in [0.2, 0.25) is 0 Å². The van der Waals surface area contributed by atoms with Gasteiger partial charge in [-0.2, -0.15) is 0 Å². The van der Waals surface area contributed by atoms with Crippen molar-refractivity contribution in [1.29, 1.82) is 0 Å². The lowest BCUT2D eigenvalue weighted by molar-refractivity contribution is 0.0406. The number of hydrogen-bond acceptors (Lipinski definition) is 1. The summed E-state index contributed by atoms with van der Waals surface area (Å²) in [4.78, 5) is 0. The monoisotopic (exact) mass is 228 g/mol. The van der Waals surface area contributed by atoms with Crippen molar-refractivity contribution in [1.82, 2.24) is 0 Å². The van der Waals surface area contributed by atoms with Crippen molar-refractivity contribution in [3.63, 3.8) is 0 Å². The van der Waals surface area contributed by atoms with E-state index >= 15 is 0 Å². The van der Waals surface area contributed by atoms with Gasteiger partial charge < -0.3 is 5.11 Å². The second-order valence-electron chi connectivity index (χ2n) is 4.33. The van der Waals surface area contributed by atoms with Gasteiger partial charge in [0.1, 0.15) is 0 Å². The van der Waals surface area contributed by atoms with Gasteiger partial charge in [-0.05, 0) is 19.4 Å². The van der Waals surface area contributed by atoms with Crippen LogP contribution in [0.1, 0.15) is 45.1 Å². The predicted octanol–water partition coefficient (Wildman–Crippen LogP) is 3.75. The molecule has 1 N–H and O–H groups in total. The van der Waals surface area contributed by atoms with Crippen LogP contribution in [0.5, 0.6) is 0 Å². The molecule has 0 aliphatic rings. The standard InChI is InChI=1S/C13H18F2O/c1-3-4-5-9-13(2,16)10-7-6-8-11(14)12(10)15/h6-8,16H,3-5,9H2,1-2H3. The van der Waals surface area contributed by atoms with E-state index < -0.39 is 17.2 Å². The maximum atomic E-state index is 13.5. The van der Waals surface area contributed by atoms with Crippen molar-refractivity contribution in [3.05, 3.63) is 35.4 Å². The second kappa shape index (κ2) is 5.39. The average Bonchev–Trinajstić information content (AvgIpc) is 2.22. The fraction of sp³-hybridized carbons (Fsp3) is 0.538. The molecule has 0 radical (unpaired) electrons. The Morgan fingerprint density at radius 3 is 2.56 bits per heavy atom. The van der Waals surface area contributed by atoms with Crippen LogP contribution in [0.15, 0.2) is 18.2 Å². The van der Waals surface area contributed by atoms with Crippen LogP contribution < -0.4 is 0 Å². The van der Waals surface area contributed by atoms with Crippen molar-refractivity contribution in [2.45, 2.75) is 45.1 Å². The molecule has 0 aliphatic carbocycles. The molecular formula is C13H18F2O. The van der Waals surface area contributed by atoms with Gasteiger partial charge in [0, 0.05) is 5.56 Å². The number of hydrogen-bond donors (Lipinski definition) is 1. The summed E-state index contributed by atoms with van der Waals surface area (Å²) in [5.41, 5.74) is -1.25. The Kier molecular flexibility index (Phi) is 4.42. The van der Waals surface area contributed by atoms with Gasteiger partial charge in [-0.25, -0.2) is 8.78 Å². The first kappa shape index (κ1) is 13.1. The van der Waals surface area contributed by atoms with Gasteiger partial charge >= 0.3 is 0 Å². The van der Waals surface area contributed by atoms with Crippen molar-refractivity contribution in [2.75, 3.05) is 0 Å². The largest absolute Gasteiger partial charge is 0.385 e. The zero-order chi connectivity index (χ0) is 12.2. The second-order valence-corrected chi connectivity index (χ2v) is 4.33. The van der Waals surface area contributed by atoms with Gasteiger partial charge in [0.2, 0.25) is 0 Å². The molecule has 0 bridgehead atoms. The smallest absolute Gasteiger partial charge is 0.164 e. The van der Waals surface area contributed by atoms with Crippen LogP contribution in [-0.2, 0) is 5.60 Å². The van der Waals surface area contributed by atoms with Crippen molar-refractivity contribution >= 4 is 0 Å². The molecule has 3 heteroatoms. The highest BCUT2D eigenvalue weighted by atomic mass is 19.2. The molecule has 0 saturated heterocycles. The first-order chi connectivity index (χ1) is 7.49. The summed E-state index contributed by atoms with van der Waals surface area (Å²) in [6, 6.07) is 3.91. The summed E-state index contributed by atoms with van der Waals surface area (Å²) < 4.78 is 26.5. The van der Waals surface area contributed by atoms with E-state index in [0.29, 0.717) is 6.42 Å². The third-order valence-electron chi connectivity index (χ3n) is 2.80. The lowest BCUT2D eigenvalue weighted by atomic mass is 9.90. The molecule has 1 aromatic carbocycles. The number of rotatable bonds is 5. The molecule has 1 unspecified atom stereocenters. The van der Waals surface area contributed by atoms with E-state index in [-0.39, 0.29) is 5.56 Å². The normalized spacial score (nSPS) is 14.8. The highest BCUT2D eigenvalue weighted by Gasteiger charge is 2.27. The van der Waals surface area contributed by atoms with E-state index in [0.717, 1.165) is 25.3 Å². The lowest BCUT2D eigenvalue weighted by Crippen LogP contribution is -2.23. The highest BCUT2D eigenvalue weighted by molar-refractivity contribution is 5.24. The van der Waals surface area contributed by atoms with Crippen LogP contribution in [0, 0.1) is 11.6 Å². The Balaban J connectivity index is 2.84. The maximum absolute atomic E-state index is 13.5. The summed E-state index contributed by atoms with van der Waals surface area (Å²) >= 11 is 0. The Labute approximate surface area is 95.1 Å². The molecule has 1 aromatic rings. The molecule has 0 aliphatic heterocycles. The van der Waals surface area contributed by atoms with E-state index in [1.165, 1.54) is 19.1 Å². The zero-order valence-electron chi connectivity index (χ0n) is 9.76. The molecule has 1 atom stereocenters. The summed E-state index contributed by atoms with van der Waals surface area (Å²) in [5, 5.41) is 10.1. The van der Waals surface area contributed by atoms with E-state index in [4.69, 9.17) is 0 Å². The van der Waals surface area contributed by atoms with Crippen LogP contribution >= 0.6 is 0 Å². The van der Waals surface area contributed by atoms with Crippen LogP contribution in [-0.4, -0.2) is 5.11 Å². The van der Waals surface area contributed by atoms with Gasteiger partial charge in [0.05, 0.1) is 5.60 Å². The molecule has 1 nitrogen and oxygen atoms in total. The van der Waals surface area contributed by atoms with E-state index in [1.807, 2.05) is 0 Å². The van der Waals surface area contributed by atoms with Gasteiger partial charge in [0.25, 0.3) is 0 Å². The van der Waals surface area contributed by atoms with E-state index in [2.05, 4.69) is 6.92 Å². The number of halogens is 2. The molecule has 0 saturated carbocycles. The first-order valence-corrected chi connectivity index (χ1v) is 5.66. The Morgan fingerprint density at radius 1 is 1.25 bits per heavy atom. The molecule has 90 valence electrons. The highest BCUT2D eigenvalue weighted by Crippen LogP contribution is 2.29. The zero-order valence-corrected chi connectivity index (χ0v) is 9.76. The first-order valence-electron chi connectivity index (χ1n) is 5.66. The lowest BCUT2D eigenvalue weighted by Gasteiger charge is -2.24. The van der Waals surface area contributed by atoms with Crippen LogP contribution in [0.25, 0.3) is 0 Å². The third kappa shape index (κ3) is 3.01. The van der Waals surface area contributed by atoms with Gasteiger partial charge in [-0.3, -0.25) is 0 Å². The predicted molar refractivity (Wildman–Crippen MR) is 60.1 cm³/mol. The van der Waals surface area contributed by atoms with E-state index in [1.54, 1.807) is 0 Å². The minimum Gasteiger partial charge on any atom is -0.385 e. The Morgan fingerprint density at radius 2 is 1.94 bits per heavy atom. The number of unbranched alkanes of at least 4 members (excludes halogenated alkanes) is 2. The molecule has 16 heavy (non-hydrogen) atoms. The molecule has 0 fully saturated rings. The average molecular weight is 228 g/mol. The SMILES string of the molecule is CCCCCC(C)(O)c1cccc(F)c1F. The Hall–Kier alpha value is -0.960. The molecular weight excluding hydrogens is 210 g/mol. The number of aliphatic hydroxyl groups is 1. The maximum Gasteiger partial charge on any atom is 0.164 e. The van der Waals surface area contributed by atoms with E-state index in [9.17, 15) is 13.9 Å². The van der Waals surface area contributed by atoms with Gasteiger partial charge in [-0.15, -0.1) is 0 Å². The molecule has 0 spiro atoms. The topological polar surface area (TPSA) is 20.2 Å². The molecule has 0 amide bonds. The minimum absolute atomic E-state index is 0.0450. The molecule has 1 rings (SSSR count). The number of benzene rings is 1. The fourth-order valence-corrected chi connectivity index (χ4v) is 1.77. The van der Waals surface area contributed by atoms with Gasteiger partial charge in [0.15, 0.2) is 11.6 Å². The molecule has 0 aromatic heterocycles. The van der Waals surface area contributed by atoms with Crippen molar-refractivity contribution < 1.29 is 13.9 Å². The van der Waals surface area contributed by atoms with Crippen molar-refractivity contribution in [2.24, 2.45) is 0 Å². The van der Waals surface area contributed by atoms with Crippen LogP contribution in [0.4, 0.5) is 8.78 Å². The summed E-state index contributed by atoms with van der Waals surface area (Å²) in [7, 11) is 0. The Bertz CT molecular complexity index is 348. The molecule has 0 heterocycles. The van der Waals surface area contributed by atoms with Crippen molar-refractivity contribution in [3.8, 4) is 0 Å². The summed E-state index contributed by atoms with van der Waals surface area (Å²) in [5.74, 6) is -1.85. The fourth-order valence-electron chi connectivity index (χ4n) is 1.77. The quantitative estimate of drug-likeness (QED) is 0.761. The minimum atomic E-state index is -1.29.